The highest BCUT2D eigenvalue weighted by molar-refractivity contribution is 5.85. The third-order valence-electron chi connectivity index (χ3n) is 6.42. The SMILES string of the molecule is CCCCC(CC(=O)NC(C(=O)O)C(C)(C)C)NC(=O)OCC1c2ccccc2-c2ccccc21. The minimum atomic E-state index is -1.08. The molecule has 0 aliphatic heterocycles. The second kappa shape index (κ2) is 11.4. The number of aliphatic carboxylic acids is 1. The molecule has 0 heterocycles. The number of hydrogen-bond donors (Lipinski definition) is 3. The van der Waals surface area contributed by atoms with Crippen LogP contribution in [0.5, 0.6) is 0 Å². The van der Waals surface area contributed by atoms with Crippen LogP contribution in [0.15, 0.2) is 48.5 Å². The Morgan fingerprint density at radius 2 is 1.54 bits per heavy atom. The molecule has 2 amide bonds. The van der Waals surface area contributed by atoms with Gasteiger partial charge < -0.3 is 20.5 Å². The summed E-state index contributed by atoms with van der Waals surface area (Å²) in [5, 5.41) is 14.9. The summed E-state index contributed by atoms with van der Waals surface area (Å²) in [6.07, 6.45) is 1.74. The second-order valence-electron chi connectivity index (χ2n) is 10.2. The molecule has 3 rings (SSSR count). The zero-order valence-corrected chi connectivity index (χ0v) is 21.0. The van der Waals surface area contributed by atoms with Crippen molar-refractivity contribution >= 4 is 18.0 Å². The van der Waals surface area contributed by atoms with Crippen molar-refractivity contribution in [1.29, 1.82) is 0 Å². The first kappa shape index (κ1) is 26.3. The predicted octanol–water partition coefficient (Wildman–Crippen LogP) is 5.09. The van der Waals surface area contributed by atoms with E-state index in [-0.39, 0.29) is 18.9 Å². The van der Waals surface area contributed by atoms with Crippen molar-refractivity contribution in [2.45, 2.75) is 71.4 Å². The Bertz CT molecular complexity index is 1010. The minimum absolute atomic E-state index is 0.00987. The van der Waals surface area contributed by atoms with Gasteiger partial charge in [0.25, 0.3) is 0 Å². The van der Waals surface area contributed by atoms with Gasteiger partial charge in [0.15, 0.2) is 0 Å². The summed E-state index contributed by atoms with van der Waals surface area (Å²) >= 11 is 0. The fourth-order valence-corrected chi connectivity index (χ4v) is 4.57. The Kier molecular flexibility index (Phi) is 8.54. The summed E-state index contributed by atoms with van der Waals surface area (Å²) in [7, 11) is 0. The molecular weight excluding hydrogens is 444 g/mol. The number of fused-ring (bicyclic) bond motifs is 3. The van der Waals surface area contributed by atoms with Crippen LogP contribution in [0.4, 0.5) is 4.79 Å². The van der Waals surface area contributed by atoms with Crippen molar-refractivity contribution in [1.82, 2.24) is 10.6 Å². The molecule has 0 saturated heterocycles. The van der Waals surface area contributed by atoms with Crippen LogP contribution in [0.2, 0.25) is 0 Å². The molecule has 1 aliphatic rings. The topological polar surface area (TPSA) is 105 Å². The summed E-state index contributed by atoms with van der Waals surface area (Å²) in [4.78, 5) is 36.9. The van der Waals surface area contributed by atoms with Crippen LogP contribution in [-0.4, -0.2) is 41.8 Å². The standard InChI is InChI=1S/C28H36N2O5/c1-5-6-11-18(16-24(31)30-25(26(32)33)28(2,3)4)29-27(34)35-17-23-21-14-9-7-12-19(21)20-13-8-10-15-22(20)23/h7-10,12-15,18,23,25H,5-6,11,16-17H2,1-4H3,(H,29,34)(H,30,31)(H,32,33). The average molecular weight is 481 g/mol. The smallest absolute Gasteiger partial charge is 0.407 e. The first-order chi connectivity index (χ1) is 16.6. The Hall–Kier alpha value is -3.35. The van der Waals surface area contributed by atoms with Crippen molar-refractivity contribution in [3.05, 3.63) is 59.7 Å². The Balaban J connectivity index is 1.62. The van der Waals surface area contributed by atoms with Crippen LogP contribution >= 0.6 is 0 Å². The fraction of sp³-hybridized carbons (Fsp3) is 0.464. The zero-order valence-electron chi connectivity index (χ0n) is 21.0. The van der Waals surface area contributed by atoms with Crippen LogP contribution in [0, 0.1) is 5.41 Å². The summed E-state index contributed by atoms with van der Waals surface area (Å²) in [6, 6.07) is 14.8. The van der Waals surface area contributed by atoms with Crippen molar-refractivity contribution in [2.75, 3.05) is 6.61 Å². The van der Waals surface area contributed by atoms with Gasteiger partial charge in [-0.05, 0) is 34.1 Å². The van der Waals surface area contributed by atoms with E-state index in [0.717, 1.165) is 35.1 Å². The molecular formula is C28H36N2O5. The van der Waals surface area contributed by atoms with Gasteiger partial charge in [-0.2, -0.15) is 0 Å². The van der Waals surface area contributed by atoms with Gasteiger partial charge in [0, 0.05) is 18.4 Å². The van der Waals surface area contributed by atoms with Crippen molar-refractivity contribution < 1.29 is 24.2 Å². The molecule has 1 aliphatic carbocycles. The molecule has 7 nitrogen and oxygen atoms in total. The number of hydrogen-bond acceptors (Lipinski definition) is 4. The van der Waals surface area contributed by atoms with Crippen LogP contribution in [0.3, 0.4) is 0 Å². The second-order valence-corrected chi connectivity index (χ2v) is 10.2. The fourth-order valence-electron chi connectivity index (χ4n) is 4.57. The normalized spacial score (nSPS) is 14.4. The summed E-state index contributed by atoms with van der Waals surface area (Å²) in [5.41, 5.74) is 3.93. The van der Waals surface area contributed by atoms with Crippen molar-refractivity contribution in [3.8, 4) is 11.1 Å². The molecule has 2 aromatic rings. The third-order valence-corrected chi connectivity index (χ3v) is 6.42. The summed E-state index contributed by atoms with van der Waals surface area (Å²) in [5.74, 6) is -1.54. The zero-order chi connectivity index (χ0) is 25.6. The van der Waals surface area contributed by atoms with E-state index in [4.69, 9.17) is 4.74 Å². The largest absolute Gasteiger partial charge is 0.480 e. The average Bonchev–Trinajstić information content (AvgIpc) is 3.12. The van der Waals surface area contributed by atoms with E-state index in [1.807, 2.05) is 31.2 Å². The van der Waals surface area contributed by atoms with E-state index in [1.165, 1.54) is 0 Å². The van der Waals surface area contributed by atoms with Gasteiger partial charge in [0.1, 0.15) is 12.6 Å². The lowest BCUT2D eigenvalue weighted by molar-refractivity contribution is -0.145. The van der Waals surface area contributed by atoms with Crippen LogP contribution in [-0.2, 0) is 14.3 Å². The van der Waals surface area contributed by atoms with E-state index in [9.17, 15) is 19.5 Å². The molecule has 188 valence electrons. The molecule has 2 aromatic carbocycles. The van der Waals surface area contributed by atoms with E-state index in [1.54, 1.807) is 20.8 Å². The number of rotatable bonds is 10. The van der Waals surface area contributed by atoms with Gasteiger partial charge in [0.2, 0.25) is 5.91 Å². The molecule has 7 heteroatoms. The molecule has 35 heavy (non-hydrogen) atoms. The molecule has 3 N–H and O–H groups in total. The maximum absolute atomic E-state index is 12.7. The number of carbonyl (C=O) groups is 3. The lowest BCUT2D eigenvalue weighted by Crippen LogP contribution is -2.50. The summed E-state index contributed by atoms with van der Waals surface area (Å²) < 4.78 is 5.63. The van der Waals surface area contributed by atoms with Crippen LogP contribution < -0.4 is 10.6 Å². The Morgan fingerprint density at radius 1 is 0.971 bits per heavy atom. The molecule has 0 fully saturated rings. The van der Waals surface area contributed by atoms with Gasteiger partial charge in [-0.15, -0.1) is 0 Å². The number of nitrogens with one attached hydrogen (secondary N) is 2. The molecule has 2 atom stereocenters. The minimum Gasteiger partial charge on any atom is -0.480 e. The molecule has 0 saturated carbocycles. The lowest BCUT2D eigenvalue weighted by atomic mass is 9.86. The lowest BCUT2D eigenvalue weighted by Gasteiger charge is -2.28. The number of alkyl carbamates (subject to hydrolysis) is 1. The van der Waals surface area contributed by atoms with E-state index in [0.29, 0.717) is 6.42 Å². The third kappa shape index (κ3) is 6.62. The summed E-state index contributed by atoms with van der Waals surface area (Å²) in [6.45, 7) is 7.50. The van der Waals surface area contributed by atoms with Gasteiger partial charge in [-0.1, -0.05) is 89.1 Å². The highest BCUT2D eigenvalue weighted by Gasteiger charge is 2.33. The van der Waals surface area contributed by atoms with E-state index < -0.39 is 35.5 Å². The maximum atomic E-state index is 12.7. The molecule has 0 aromatic heterocycles. The maximum Gasteiger partial charge on any atom is 0.407 e. The molecule has 0 bridgehead atoms. The number of carboxylic acid groups (broad SMARTS) is 1. The van der Waals surface area contributed by atoms with E-state index in [2.05, 4.69) is 34.9 Å². The Morgan fingerprint density at radius 3 is 2.06 bits per heavy atom. The number of benzene rings is 2. The van der Waals surface area contributed by atoms with E-state index >= 15 is 0 Å². The van der Waals surface area contributed by atoms with Gasteiger partial charge in [-0.25, -0.2) is 9.59 Å². The number of amides is 2. The number of carboxylic acids is 1. The van der Waals surface area contributed by atoms with Gasteiger partial charge in [-0.3, -0.25) is 4.79 Å². The highest BCUT2D eigenvalue weighted by atomic mass is 16.5. The molecule has 2 unspecified atom stereocenters. The Labute approximate surface area is 207 Å². The van der Waals surface area contributed by atoms with Crippen molar-refractivity contribution in [2.24, 2.45) is 5.41 Å². The van der Waals surface area contributed by atoms with Crippen LogP contribution in [0.1, 0.15) is 70.4 Å². The monoisotopic (exact) mass is 480 g/mol. The molecule has 0 spiro atoms. The first-order valence-corrected chi connectivity index (χ1v) is 12.3. The van der Waals surface area contributed by atoms with Gasteiger partial charge in [0.05, 0.1) is 0 Å². The van der Waals surface area contributed by atoms with Crippen molar-refractivity contribution in [3.63, 3.8) is 0 Å². The number of ether oxygens (including phenoxy) is 1. The first-order valence-electron chi connectivity index (χ1n) is 12.3. The van der Waals surface area contributed by atoms with Gasteiger partial charge >= 0.3 is 12.1 Å². The molecule has 0 radical (unpaired) electrons. The predicted molar refractivity (Wildman–Crippen MR) is 135 cm³/mol. The highest BCUT2D eigenvalue weighted by Crippen LogP contribution is 2.44. The number of carbonyl (C=O) groups excluding carboxylic acids is 2. The quantitative estimate of drug-likeness (QED) is 0.439. The number of unbranched alkanes of at least 4 members (excludes halogenated alkanes) is 1. The van der Waals surface area contributed by atoms with Crippen LogP contribution in [0.25, 0.3) is 11.1 Å².